The quantitative estimate of drug-likeness (QED) is 0.782. The van der Waals surface area contributed by atoms with Crippen LogP contribution in [0.25, 0.3) is 5.65 Å². The highest BCUT2D eigenvalue weighted by Crippen LogP contribution is 2.32. The maximum Gasteiger partial charge on any atom is 0.229 e. The smallest absolute Gasteiger partial charge is 0.229 e. The standard InChI is InChI=1S/C19H22N6O/c1-12-16(24-8-4-3-7-18(24)21-12)11-19(26)25-9-5-6-15(25)14-10-17(20)23-13(2)22-14/h3-4,7-8,10,15H,5-6,9,11H2,1-2H3,(H2,20,22,23). The molecule has 1 aliphatic rings. The molecule has 0 radical (unpaired) electrons. The van der Waals surface area contributed by atoms with E-state index in [2.05, 4.69) is 15.0 Å². The number of aryl methyl sites for hydroxylation is 2. The zero-order valence-electron chi connectivity index (χ0n) is 15.0. The minimum atomic E-state index is -0.0361. The van der Waals surface area contributed by atoms with Crippen molar-refractivity contribution in [3.8, 4) is 0 Å². The number of anilines is 1. The van der Waals surface area contributed by atoms with Gasteiger partial charge in [-0.25, -0.2) is 15.0 Å². The highest BCUT2D eigenvalue weighted by molar-refractivity contribution is 5.79. The van der Waals surface area contributed by atoms with Crippen molar-refractivity contribution >= 4 is 17.4 Å². The van der Waals surface area contributed by atoms with Gasteiger partial charge in [0, 0.05) is 18.8 Å². The fourth-order valence-electron chi connectivity index (χ4n) is 3.78. The fourth-order valence-corrected chi connectivity index (χ4v) is 3.78. The van der Waals surface area contributed by atoms with E-state index in [1.54, 1.807) is 6.07 Å². The Morgan fingerprint density at radius 2 is 2.12 bits per heavy atom. The first-order chi connectivity index (χ1) is 12.5. The highest BCUT2D eigenvalue weighted by atomic mass is 16.2. The summed E-state index contributed by atoms with van der Waals surface area (Å²) in [5.74, 6) is 1.18. The number of carbonyl (C=O) groups excluding carboxylic acids is 1. The normalized spacial score (nSPS) is 17.2. The molecule has 1 unspecified atom stereocenters. The average molecular weight is 350 g/mol. The Bertz CT molecular complexity index is 959. The average Bonchev–Trinajstić information content (AvgIpc) is 3.19. The van der Waals surface area contributed by atoms with Gasteiger partial charge in [-0.3, -0.25) is 4.79 Å². The van der Waals surface area contributed by atoms with Crippen molar-refractivity contribution in [1.29, 1.82) is 0 Å². The number of imidazole rings is 1. The number of hydrogen-bond acceptors (Lipinski definition) is 5. The zero-order valence-corrected chi connectivity index (χ0v) is 15.0. The van der Waals surface area contributed by atoms with Crippen LogP contribution in [0.3, 0.4) is 0 Å². The number of carbonyl (C=O) groups is 1. The predicted octanol–water partition coefficient (Wildman–Crippen LogP) is 2.23. The van der Waals surface area contributed by atoms with Crippen LogP contribution in [0.4, 0.5) is 5.82 Å². The van der Waals surface area contributed by atoms with Gasteiger partial charge in [0.15, 0.2) is 0 Å². The zero-order chi connectivity index (χ0) is 18.3. The second kappa shape index (κ2) is 6.40. The van der Waals surface area contributed by atoms with E-state index in [1.807, 2.05) is 47.5 Å². The molecule has 3 aromatic heterocycles. The first-order valence-corrected chi connectivity index (χ1v) is 8.86. The second-order valence-electron chi connectivity index (χ2n) is 6.76. The summed E-state index contributed by atoms with van der Waals surface area (Å²) in [7, 11) is 0. The van der Waals surface area contributed by atoms with Gasteiger partial charge >= 0.3 is 0 Å². The summed E-state index contributed by atoms with van der Waals surface area (Å²) in [5.41, 5.74) is 9.40. The summed E-state index contributed by atoms with van der Waals surface area (Å²) >= 11 is 0. The molecule has 7 nitrogen and oxygen atoms in total. The van der Waals surface area contributed by atoms with Crippen LogP contribution in [0.15, 0.2) is 30.5 Å². The number of nitrogens with zero attached hydrogens (tertiary/aromatic N) is 5. The first-order valence-electron chi connectivity index (χ1n) is 8.86. The highest BCUT2D eigenvalue weighted by Gasteiger charge is 2.32. The molecule has 3 aromatic rings. The third kappa shape index (κ3) is 2.89. The number of likely N-dealkylation sites (tertiary alicyclic amines) is 1. The predicted molar refractivity (Wildman–Crippen MR) is 98.5 cm³/mol. The van der Waals surface area contributed by atoms with Crippen molar-refractivity contribution < 1.29 is 4.79 Å². The van der Waals surface area contributed by atoms with E-state index in [-0.39, 0.29) is 11.9 Å². The fraction of sp³-hybridized carbons (Fsp3) is 0.368. The molecule has 4 heterocycles. The van der Waals surface area contributed by atoms with E-state index in [4.69, 9.17) is 5.73 Å². The van der Waals surface area contributed by atoms with E-state index in [1.165, 1.54) is 0 Å². The maximum absolute atomic E-state index is 13.1. The van der Waals surface area contributed by atoms with E-state index >= 15 is 0 Å². The Hall–Kier alpha value is -2.96. The van der Waals surface area contributed by atoms with Crippen molar-refractivity contribution in [2.45, 2.75) is 39.2 Å². The number of rotatable bonds is 3. The lowest BCUT2D eigenvalue weighted by Gasteiger charge is -2.24. The van der Waals surface area contributed by atoms with E-state index in [0.717, 1.165) is 42.1 Å². The third-order valence-corrected chi connectivity index (χ3v) is 4.94. The summed E-state index contributed by atoms with van der Waals surface area (Å²) in [5, 5.41) is 0. The van der Waals surface area contributed by atoms with E-state index in [9.17, 15) is 4.79 Å². The van der Waals surface area contributed by atoms with Gasteiger partial charge in [0.25, 0.3) is 0 Å². The summed E-state index contributed by atoms with van der Waals surface area (Å²) in [6, 6.07) is 7.60. The molecule has 0 bridgehead atoms. The first kappa shape index (κ1) is 16.5. The van der Waals surface area contributed by atoms with Gasteiger partial charge in [0.1, 0.15) is 17.3 Å². The Morgan fingerprint density at radius 1 is 1.27 bits per heavy atom. The van der Waals surface area contributed by atoms with Crippen LogP contribution in [0.1, 0.15) is 41.8 Å². The maximum atomic E-state index is 13.1. The molecule has 2 N–H and O–H groups in total. The van der Waals surface area contributed by atoms with Crippen molar-refractivity contribution in [3.63, 3.8) is 0 Å². The Labute approximate surface area is 151 Å². The van der Waals surface area contributed by atoms with Crippen molar-refractivity contribution in [2.24, 2.45) is 0 Å². The van der Waals surface area contributed by atoms with Gasteiger partial charge in [-0.1, -0.05) is 6.07 Å². The van der Waals surface area contributed by atoms with Gasteiger partial charge in [-0.15, -0.1) is 0 Å². The topological polar surface area (TPSA) is 89.4 Å². The molecule has 26 heavy (non-hydrogen) atoms. The molecule has 1 aliphatic heterocycles. The molecule has 4 rings (SSSR count). The van der Waals surface area contributed by atoms with Crippen LogP contribution < -0.4 is 5.73 Å². The number of aromatic nitrogens is 4. The van der Waals surface area contributed by atoms with Crippen LogP contribution >= 0.6 is 0 Å². The lowest BCUT2D eigenvalue weighted by atomic mass is 10.1. The van der Waals surface area contributed by atoms with Crippen molar-refractivity contribution in [3.05, 3.63) is 53.4 Å². The van der Waals surface area contributed by atoms with E-state index in [0.29, 0.717) is 18.1 Å². The molecule has 1 atom stereocenters. The second-order valence-corrected chi connectivity index (χ2v) is 6.76. The molecule has 0 spiro atoms. The summed E-state index contributed by atoms with van der Waals surface area (Å²) in [6.45, 7) is 4.51. The van der Waals surface area contributed by atoms with Gasteiger partial charge < -0.3 is 15.0 Å². The SMILES string of the molecule is Cc1nc(N)cc(C2CCCN2C(=O)Cc2c(C)nc3ccccn23)n1. The number of fused-ring (bicyclic) bond motifs is 1. The Morgan fingerprint density at radius 3 is 2.92 bits per heavy atom. The van der Waals surface area contributed by atoms with Crippen LogP contribution in [0.2, 0.25) is 0 Å². The van der Waals surface area contributed by atoms with Gasteiger partial charge in [0.05, 0.1) is 29.5 Å². The number of nitrogen functional groups attached to an aromatic ring is 1. The Kier molecular flexibility index (Phi) is 4.06. The minimum Gasteiger partial charge on any atom is -0.384 e. The molecule has 0 aromatic carbocycles. The molecule has 7 heteroatoms. The van der Waals surface area contributed by atoms with Gasteiger partial charge in [-0.05, 0) is 38.8 Å². The van der Waals surface area contributed by atoms with Gasteiger partial charge in [-0.2, -0.15) is 0 Å². The lowest BCUT2D eigenvalue weighted by molar-refractivity contribution is -0.131. The number of hydrogen-bond donors (Lipinski definition) is 1. The molecule has 1 fully saturated rings. The summed E-state index contributed by atoms with van der Waals surface area (Å²) in [4.78, 5) is 28.2. The van der Waals surface area contributed by atoms with Crippen molar-refractivity contribution in [1.82, 2.24) is 24.3 Å². The molecule has 0 saturated carbocycles. The van der Waals surface area contributed by atoms with Crippen LogP contribution in [0, 0.1) is 13.8 Å². The van der Waals surface area contributed by atoms with Gasteiger partial charge in [0.2, 0.25) is 5.91 Å². The molecular weight excluding hydrogens is 328 g/mol. The third-order valence-electron chi connectivity index (χ3n) is 4.94. The number of pyridine rings is 1. The molecule has 1 amide bonds. The van der Waals surface area contributed by atoms with E-state index < -0.39 is 0 Å². The number of amides is 1. The van der Waals surface area contributed by atoms with Crippen LogP contribution in [0.5, 0.6) is 0 Å². The summed E-state index contributed by atoms with van der Waals surface area (Å²) < 4.78 is 1.99. The number of nitrogens with two attached hydrogens (primary N) is 1. The molecule has 0 aliphatic carbocycles. The van der Waals surface area contributed by atoms with Crippen molar-refractivity contribution in [2.75, 3.05) is 12.3 Å². The molecule has 134 valence electrons. The molecular formula is C19H22N6O. The largest absolute Gasteiger partial charge is 0.384 e. The minimum absolute atomic E-state index is 0.0361. The monoisotopic (exact) mass is 350 g/mol. The lowest BCUT2D eigenvalue weighted by Crippen LogP contribution is -2.32. The Balaban J connectivity index is 1.61. The van der Waals surface area contributed by atoms with Crippen LogP contribution in [-0.4, -0.2) is 36.7 Å². The van der Waals surface area contributed by atoms with Crippen LogP contribution in [-0.2, 0) is 11.2 Å². The molecule has 1 saturated heterocycles. The summed E-state index contributed by atoms with van der Waals surface area (Å²) in [6.07, 6.45) is 4.14.